The number of halogens is 1. The van der Waals surface area contributed by atoms with Gasteiger partial charge in [0.15, 0.2) is 0 Å². The van der Waals surface area contributed by atoms with E-state index in [0.29, 0.717) is 22.8 Å². The van der Waals surface area contributed by atoms with Crippen molar-refractivity contribution in [3.63, 3.8) is 0 Å². The average molecular weight is 439 g/mol. The van der Waals surface area contributed by atoms with Gasteiger partial charge in [-0.25, -0.2) is 0 Å². The van der Waals surface area contributed by atoms with Gasteiger partial charge in [-0.1, -0.05) is 66.2 Å². The van der Waals surface area contributed by atoms with Crippen molar-refractivity contribution in [3.8, 4) is 11.1 Å². The van der Waals surface area contributed by atoms with E-state index in [9.17, 15) is 14.7 Å². The molecule has 6 nitrogen and oxygen atoms in total. The number of anilines is 1. The number of aliphatic carboxylic acids is 1. The number of aliphatic hydroxyl groups is 1. The van der Waals surface area contributed by atoms with Crippen molar-refractivity contribution in [1.82, 2.24) is 5.32 Å². The average Bonchev–Trinajstić information content (AvgIpc) is 2.75. The highest BCUT2D eigenvalue weighted by atomic mass is 35.5. The Morgan fingerprint density at radius 1 is 0.935 bits per heavy atom. The molecule has 1 atom stereocenters. The standard InChI is InChI=1S/C24H23ClN2O4/c25-23-20(17-5-2-1-3-6-17)7-4-8-21(23)24(31)27-18-11-9-16(10-12-18)14-26-15-19(28)13-22(29)30/h1-12,19,26,28H,13-15H2,(H,27,31)(H,29,30)/t19-/m0/s1. The van der Waals surface area contributed by atoms with Crippen molar-refractivity contribution in [2.24, 2.45) is 0 Å². The van der Waals surface area contributed by atoms with Crippen molar-refractivity contribution in [3.05, 3.63) is 88.9 Å². The molecule has 0 radical (unpaired) electrons. The van der Waals surface area contributed by atoms with Crippen LogP contribution in [0.1, 0.15) is 22.3 Å². The molecule has 0 spiro atoms. The fraction of sp³-hybridized carbons (Fsp3) is 0.167. The van der Waals surface area contributed by atoms with Crippen LogP contribution in [0.15, 0.2) is 72.8 Å². The zero-order valence-electron chi connectivity index (χ0n) is 16.7. The van der Waals surface area contributed by atoms with Gasteiger partial charge in [-0.15, -0.1) is 0 Å². The Kier molecular flexibility index (Phi) is 7.78. The first kappa shape index (κ1) is 22.5. The van der Waals surface area contributed by atoms with Crippen LogP contribution in [0, 0.1) is 0 Å². The van der Waals surface area contributed by atoms with Crippen LogP contribution < -0.4 is 10.6 Å². The lowest BCUT2D eigenvalue weighted by Gasteiger charge is -2.12. The Labute approximate surface area is 185 Å². The lowest BCUT2D eigenvalue weighted by atomic mass is 10.0. The first-order chi connectivity index (χ1) is 14.9. The second-order valence-corrected chi connectivity index (χ2v) is 7.44. The number of carbonyl (C=O) groups is 2. The maximum Gasteiger partial charge on any atom is 0.306 e. The molecule has 31 heavy (non-hydrogen) atoms. The number of carbonyl (C=O) groups excluding carboxylic acids is 1. The summed E-state index contributed by atoms with van der Waals surface area (Å²) in [5.41, 5.74) is 3.68. The maximum atomic E-state index is 12.8. The molecule has 0 saturated carbocycles. The molecule has 160 valence electrons. The van der Waals surface area contributed by atoms with Gasteiger partial charge in [-0.3, -0.25) is 9.59 Å². The molecule has 0 heterocycles. The smallest absolute Gasteiger partial charge is 0.306 e. The number of carboxylic acid groups (broad SMARTS) is 1. The van der Waals surface area contributed by atoms with Gasteiger partial charge in [0.2, 0.25) is 0 Å². The van der Waals surface area contributed by atoms with E-state index < -0.39 is 12.1 Å². The summed E-state index contributed by atoms with van der Waals surface area (Å²) >= 11 is 6.52. The molecular weight excluding hydrogens is 416 g/mol. The highest BCUT2D eigenvalue weighted by molar-refractivity contribution is 6.37. The number of amides is 1. The van der Waals surface area contributed by atoms with Crippen LogP contribution in [0.5, 0.6) is 0 Å². The first-order valence-electron chi connectivity index (χ1n) is 9.79. The van der Waals surface area contributed by atoms with Crippen LogP contribution in [0.4, 0.5) is 5.69 Å². The van der Waals surface area contributed by atoms with Crippen LogP contribution in [-0.2, 0) is 11.3 Å². The fourth-order valence-corrected chi connectivity index (χ4v) is 3.43. The van der Waals surface area contributed by atoms with E-state index in [-0.39, 0.29) is 18.9 Å². The van der Waals surface area contributed by atoms with Crippen molar-refractivity contribution in [1.29, 1.82) is 0 Å². The Morgan fingerprint density at radius 2 is 1.65 bits per heavy atom. The van der Waals surface area contributed by atoms with E-state index in [1.807, 2.05) is 48.5 Å². The molecule has 0 saturated heterocycles. The molecule has 7 heteroatoms. The summed E-state index contributed by atoms with van der Waals surface area (Å²) < 4.78 is 0. The fourth-order valence-electron chi connectivity index (χ4n) is 3.11. The molecule has 1 amide bonds. The van der Waals surface area contributed by atoms with Gasteiger partial charge in [0.25, 0.3) is 5.91 Å². The molecular formula is C24H23ClN2O4. The second-order valence-electron chi connectivity index (χ2n) is 7.07. The van der Waals surface area contributed by atoms with Crippen LogP contribution in [-0.4, -0.2) is 34.7 Å². The second kappa shape index (κ2) is 10.7. The quantitative estimate of drug-likeness (QED) is 0.401. The highest BCUT2D eigenvalue weighted by Crippen LogP contribution is 2.31. The number of nitrogens with one attached hydrogen (secondary N) is 2. The molecule has 0 aromatic heterocycles. The lowest BCUT2D eigenvalue weighted by molar-refractivity contribution is -0.139. The van der Waals surface area contributed by atoms with E-state index in [0.717, 1.165) is 16.7 Å². The molecule has 0 aliphatic heterocycles. The minimum Gasteiger partial charge on any atom is -0.481 e. The summed E-state index contributed by atoms with van der Waals surface area (Å²) in [5, 5.41) is 24.5. The molecule has 0 bridgehead atoms. The van der Waals surface area contributed by atoms with Gasteiger partial charge in [-0.05, 0) is 29.3 Å². The third-order valence-corrected chi connectivity index (χ3v) is 5.07. The minimum atomic E-state index is -1.04. The van der Waals surface area contributed by atoms with Gasteiger partial charge in [0.05, 0.1) is 23.1 Å². The monoisotopic (exact) mass is 438 g/mol. The maximum absolute atomic E-state index is 12.8. The van der Waals surface area contributed by atoms with Crippen LogP contribution in [0.2, 0.25) is 5.02 Å². The van der Waals surface area contributed by atoms with Crippen molar-refractivity contribution in [2.75, 3.05) is 11.9 Å². The third-order valence-electron chi connectivity index (χ3n) is 4.66. The lowest BCUT2D eigenvalue weighted by Crippen LogP contribution is -2.28. The van der Waals surface area contributed by atoms with E-state index in [1.165, 1.54) is 0 Å². The Bertz CT molecular complexity index is 1040. The molecule has 0 unspecified atom stereocenters. The van der Waals surface area contributed by atoms with E-state index in [4.69, 9.17) is 16.7 Å². The summed E-state index contributed by atoms with van der Waals surface area (Å²) in [4.78, 5) is 23.3. The zero-order chi connectivity index (χ0) is 22.2. The molecule has 0 fully saturated rings. The van der Waals surface area contributed by atoms with E-state index in [1.54, 1.807) is 24.3 Å². The molecule has 3 rings (SSSR count). The van der Waals surface area contributed by atoms with Gasteiger partial charge in [0.1, 0.15) is 0 Å². The van der Waals surface area contributed by atoms with E-state index in [2.05, 4.69) is 10.6 Å². The van der Waals surface area contributed by atoms with Crippen molar-refractivity contribution in [2.45, 2.75) is 19.1 Å². The zero-order valence-corrected chi connectivity index (χ0v) is 17.5. The topological polar surface area (TPSA) is 98.7 Å². The molecule has 4 N–H and O–H groups in total. The number of benzene rings is 3. The molecule has 0 aliphatic carbocycles. The SMILES string of the molecule is O=C(O)C[C@H](O)CNCc1ccc(NC(=O)c2cccc(-c3ccccc3)c2Cl)cc1. The van der Waals surface area contributed by atoms with Crippen LogP contribution in [0.25, 0.3) is 11.1 Å². The summed E-state index contributed by atoms with van der Waals surface area (Å²) in [6.07, 6.45) is -1.24. The number of hydrogen-bond acceptors (Lipinski definition) is 4. The Hall–Kier alpha value is -3.19. The molecule has 3 aromatic rings. The highest BCUT2D eigenvalue weighted by Gasteiger charge is 2.14. The Morgan fingerprint density at radius 3 is 2.32 bits per heavy atom. The molecule has 0 aliphatic rings. The number of hydrogen-bond donors (Lipinski definition) is 4. The minimum absolute atomic E-state index is 0.182. The Balaban J connectivity index is 1.61. The van der Waals surface area contributed by atoms with Crippen molar-refractivity contribution < 1.29 is 19.8 Å². The first-order valence-corrected chi connectivity index (χ1v) is 10.2. The summed E-state index contributed by atoms with van der Waals surface area (Å²) in [5.74, 6) is -1.34. The largest absolute Gasteiger partial charge is 0.481 e. The van der Waals surface area contributed by atoms with Crippen molar-refractivity contribution >= 4 is 29.2 Å². The van der Waals surface area contributed by atoms with Gasteiger partial charge in [0, 0.05) is 24.3 Å². The van der Waals surface area contributed by atoms with E-state index >= 15 is 0 Å². The number of carboxylic acids is 1. The predicted molar refractivity (Wildman–Crippen MR) is 121 cm³/mol. The summed E-state index contributed by atoms with van der Waals surface area (Å²) in [6, 6.07) is 22.2. The third kappa shape index (κ3) is 6.39. The van der Waals surface area contributed by atoms with Gasteiger partial charge >= 0.3 is 5.97 Å². The summed E-state index contributed by atoms with van der Waals surface area (Å²) in [7, 11) is 0. The predicted octanol–water partition coefficient (Wildman–Crippen LogP) is 4.18. The van der Waals surface area contributed by atoms with Gasteiger partial charge in [-0.2, -0.15) is 0 Å². The molecule has 3 aromatic carbocycles. The number of aliphatic hydroxyl groups excluding tert-OH is 1. The van der Waals surface area contributed by atoms with Crippen LogP contribution in [0.3, 0.4) is 0 Å². The van der Waals surface area contributed by atoms with Gasteiger partial charge < -0.3 is 20.8 Å². The van der Waals surface area contributed by atoms with Crippen LogP contribution >= 0.6 is 11.6 Å². The normalized spacial score (nSPS) is 11.7. The number of rotatable bonds is 9. The summed E-state index contributed by atoms with van der Waals surface area (Å²) in [6.45, 7) is 0.650.